The standard InChI is InChI=1S/C78H152O17P2/c1-7-9-11-13-15-17-19-20-21-22-23-32-38-44-50-56-62-77(82)94-74(67-89-76(81)61-55-49-43-37-31-26-24-29-34-40-46-52-58-70(3)4)69-93-97(86,87)91-65-72(79)64-90-96(84,85)92-68-73(66-88-75(80)60-54-48-42-36-28-18-16-14-12-10-8-2)95-78(83)63-57-51-45-39-33-27-25-30-35-41-47-53-59-71(5)6/h70-74,79H,7-69H2,1-6H3,(H,84,85)(H,86,87)/t72-,73+,74+/m0/s1. The number of esters is 4. The highest BCUT2D eigenvalue weighted by Gasteiger charge is 2.30. The molecule has 0 aromatic rings. The van der Waals surface area contributed by atoms with Crippen molar-refractivity contribution in [3.63, 3.8) is 0 Å². The van der Waals surface area contributed by atoms with Crippen molar-refractivity contribution < 1.29 is 80.2 Å². The molecule has 5 atom stereocenters. The van der Waals surface area contributed by atoms with Crippen molar-refractivity contribution in [3.05, 3.63) is 0 Å². The van der Waals surface area contributed by atoms with Gasteiger partial charge in [-0.1, -0.05) is 356 Å². The molecule has 0 amide bonds. The third-order valence-corrected chi connectivity index (χ3v) is 20.1. The van der Waals surface area contributed by atoms with Gasteiger partial charge in [0.2, 0.25) is 0 Å². The van der Waals surface area contributed by atoms with Gasteiger partial charge in [0, 0.05) is 25.7 Å². The number of aliphatic hydroxyl groups excluding tert-OH is 1. The van der Waals surface area contributed by atoms with Crippen LogP contribution in [0.2, 0.25) is 0 Å². The Morgan fingerprint density at radius 1 is 0.278 bits per heavy atom. The van der Waals surface area contributed by atoms with Crippen LogP contribution in [0.15, 0.2) is 0 Å². The van der Waals surface area contributed by atoms with Crippen molar-refractivity contribution in [2.45, 2.75) is 426 Å². The van der Waals surface area contributed by atoms with Crippen LogP contribution in [-0.4, -0.2) is 96.7 Å². The van der Waals surface area contributed by atoms with Gasteiger partial charge in [0.15, 0.2) is 12.2 Å². The number of carbonyl (C=O) groups is 4. The largest absolute Gasteiger partial charge is 0.472 e. The number of hydrogen-bond acceptors (Lipinski definition) is 15. The molecule has 0 aliphatic carbocycles. The van der Waals surface area contributed by atoms with Crippen molar-refractivity contribution in [1.82, 2.24) is 0 Å². The van der Waals surface area contributed by atoms with E-state index >= 15 is 0 Å². The van der Waals surface area contributed by atoms with Crippen LogP contribution in [0.25, 0.3) is 0 Å². The summed E-state index contributed by atoms with van der Waals surface area (Å²) in [5, 5.41) is 10.6. The zero-order chi connectivity index (χ0) is 71.4. The van der Waals surface area contributed by atoms with Crippen LogP contribution in [0.3, 0.4) is 0 Å². The Labute approximate surface area is 594 Å². The number of rotatable bonds is 77. The molecule has 0 spiro atoms. The van der Waals surface area contributed by atoms with Crippen molar-refractivity contribution in [3.8, 4) is 0 Å². The second kappa shape index (κ2) is 69.8. The lowest BCUT2D eigenvalue weighted by Gasteiger charge is -2.21. The molecule has 0 aliphatic heterocycles. The first-order chi connectivity index (χ1) is 46.9. The van der Waals surface area contributed by atoms with Crippen molar-refractivity contribution in [1.29, 1.82) is 0 Å². The van der Waals surface area contributed by atoms with E-state index < -0.39 is 97.5 Å². The van der Waals surface area contributed by atoms with E-state index in [0.29, 0.717) is 25.7 Å². The van der Waals surface area contributed by atoms with Gasteiger partial charge >= 0.3 is 39.5 Å². The zero-order valence-corrected chi connectivity index (χ0v) is 65.2. The molecule has 19 heteroatoms. The molecule has 2 unspecified atom stereocenters. The molecular formula is C78H152O17P2. The second-order valence-electron chi connectivity index (χ2n) is 29.1. The lowest BCUT2D eigenvalue weighted by Crippen LogP contribution is -2.30. The summed E-state index contributed by atoms with van der Waals surface area (Å²) in [5.74, 6) is -0.551. The molecule has 0 aromatic heterocycles. The van der Waals surface area contributed by atoms with Gasteiger partial charge in [-0.25, -0.2) is 9.13 Å². The first-order valence-corrected chi connectivity index (χ1v) is 43.5. The summed E-state index contributed by atoms with van der Waals surface area (Å²) in [6.45, 7) is 9.64. The molecular weight excluding hydrogens is 1270 g/mol. The molecule has 0 aromatic carbocycles. The fourth-order valence-electron chi connectivity index (χ4n) is 12.0. The van der Waals surface area contributed by atoms with Crippen LogP contribution in [0.1, 0.15) is 408 Å². The normalized spacial score (nSPS) is 14.0. The summed E-state index contributed by atoms with van der Waals surface area (Å²) in [5.41, 5.74) is 0. The Morgan fingerprint density at radius 2 is 0.474 bits per heavy atom. The van der Waals surface area contributed by atoms with E-state index in [9.17, 15) is 43.2 Å². The van der Waals surface area contributed by atoms with E-state index in [0.717, 1.165) is 102 Å². The summed E-state index contributed by atoms with van der Waals surface area (Å²) in [6, 6.07) is 0. The lowest BCUT2D eigenvalue weighted by molar-refractivity contribution is -0.161. The predicted molar refractivity (Wildman–Crippen MR) is 395 cm³/mol. The minimum absolute atomic E-state index is 0.107. The maximum atomic E-state index is 13.1. The van der Waals surface area contributed by atoms with Crippen LogP contribution in [0.4, 0.5) is 0 Å². The Hall–Kier alpha value is -1.94. The van der Waals surface area contributed by atoms with Crippen LogP contribution in [-0.2, 0) is 65.4 Å². The van der Waals surface area contributed by atoms with E-state index in [2.05, 4.69) is 41.5 Å². The first kappa shape index (κ1) is 95.1. The number of unbranched alkanes of at least 4 members (excludes halogenated alkanes) is 47. The molecule has 97 heavy (non-hydrogen) atoms. The van der Waals surface area contributed by atoms with Gasteiger partial charge in [0.25, 0.3) is 0 Å². The monoisotopic (exact) mass is 1420 g/mol. The van der Waals surface area contributed by atoms with Crippen LogP contribution >= 0.6 is 15.6 Å². The average Bonchev–Trinajstić information content (AvgIpc) is 1.00. The van der Waals surface area contributed by atoms with E-state index in [4.69, 9.17) is 37.0 Å². The summed E-state index contributed by atoms with van der Waals surface area (Å²) in [6.07, 6.45) is 58.1. The van der Waals surface area contributed by atoms with Gasteiger partial charge in [0.05, 0.1) is 26.4 Å². The number of aliphatic hydroxyl groups is 1. The smallest absolute Gasteiger partial charge is 0.462 e. The zero-order valence-electron chi connectivity index (χ0n) is 63.4. The van der Waals surface area contributed by atoms with E-state index in [-0.39, 0.29) is 25.7 Å². The molecule has 0 saturated heterocycles. The fourth-order valence-corrected chi connectivity index (χ4v) is 13.6. The highest BCUT2D eigenvalue weighted by Crippen LogP contribution is 2.45. The quantitative estimate of drug-likeness (QED) is 0.0222. The first-order valence-electron chi connectivity index (χ1n) is 40.5. The molecule has 17 nitrogen and oxygen atoms in total. The Balaban J connectivity index is 5.26. The van der Waals surface area contributed by atoms with Gasteiger partial charge in [0.1, 0.15) is 19.3 Å². The Kier molecular flexibility index (Phi) is 68.4. The molecule has 0 fully saturated rings. The van der Waals surface area contributed by atoms with Crippen LogP contribution in [0, 0.1) is 11.8 Å². The van der Waals surface area contributed by atoms with Gasteiger partial charge in [-0.2, -0.15) is 0 Å². The second-order valence-corrected chi connectivity index (χ2v) is 32.0. The summed E-state index contributed by atoms with van der Waals surface area (Å²) in [7, 11) is -9.91. The number of hydrogen-bond donors (Lipinski definition) is 3. The fraction of sp³-hybridized carbons (Fsp3) is 0.949. The maximum absolute atomic E-state index is 13.1. The van der Waals surface area contributed by atoms with Crippen LogP contribution < -0.4 is 0 Å². The molecule has 0 rings (SSSR count). The molecule has 0 saturated carbocycles. The highest BCUT2D eigenvalue weighted by atomic mass is 31.2. The highest BCUT2D eigenvalue weighted by molar-refractivity contribution is 7.47. The predicted octanol–water partition coefficient (Wildman–Crippen LogP) is 23.1. The molecule has 0 radical (unpaired) electrons. The Morgan fingerprint density at radius 3 is 0.701 bits per heavy atom. The van der Waals surface area contributed by atoms with Gasteiger partial charge in [-0.05, 0) is 37.5 Å². The topological polar surface area (TPSA) is 237 Å². The van der Waals surface area contributed by atoms with Crippen molar-refractivity contribution in [2.75, 3.05) is 39.6 Å². The van der Waals surface area contributed by atoms with Gasteiger partial charge in [-0.15, -0.1) is 0 Å². The number of phosphoric ester groups is 2. The summed E-state index contributed by atoms with van der Waals surface area (Å²) in [4.78, 5) is 72.9. The van der Waals surface area contributed by atoms with Crippen LogP contribution in [0.5, 0.6) is 0 Å². The van der Waals surface area contributed by atoms with Crippen molar-refractivity contribution >= 4 is 39.5 Å². The molecule has 0 heterocycles. The number of ether oxygens (including phenoxy) is 4. The van der Waals surface area contributed by atoms with Gasteiger partial charge < -0.3 is 33.8 Å². The third-order valence-electron chi connectivity index (χ3n) is 18.2. The molecule has 0 bridgehead atoms. The average molecular weight is 1420 g/mol. The Bertz CT molecular complexity index is 1870. The minimum atomic E-state index is -4.96. The third kappa shape index (κ3) is 72.2. The number of carbonyl (C=O) groups excluding carboxylic acids is 4. The summed E-state index contributed by atoms with van der Waals surface area (Å²) < 4.78 is 68.6. The van der Waals surface area contributed by atoms with E-state index in [1.165, 1.54) is 225 Å². The minimum Gasteiger partial charge on any atom is -0.462 e. The van der Waals surface area contributed by atoms with Gasteiger partial charge in [-0.3, -0.25) is 37.3 Å². The number of phosphoric acid groups is 2. The van der Waals surface area contributed by atoms with E-state index in [1.54, 1.807) is 0 Å². The molecule has 3 N–H and O–H groups in total. The SMILES string of the molecule is CCCCCCCCCCCCCCCCCCC(=O)O[C@H](COC(=O)CCCCCCCCCCCCCCC(C)C)COP(=O)(O)OC[C@@H](O)COP(=O)(O)OC[C@@H](COC(=O)CCCCCCCCCCCCC)OC(=O)CCCCCCCCCCCCCCC(C)C. The van der Waals surface area contributed by atoms with Crippen molar-refractivity contribution in [2.24, 2.45) is 11.8 Å². The maximum Gasteiger partial charge on any atom is 0.472 e. The summed E-state index contributed by atoms with van der Waals surface area (Å²) >= 11 is 0. The van der Waals surface area contributed by atoms with E-state index in [1.807, 2.05) is 0 Å². The molecule has 0 aliphatic rings. The molecule has 576 valence electrons. The lowest BCUT2D eigenvalue weighted by atomic mass is 10.0.